The van der Waals surface area contributed by atoms with E-state index >= 15 is 0 Å². The standard InChI is InChI=1S/C15H15NO3/c1-11-3-6-14(19-11)9-10-15(17)16-12-4-7-13(18-2)8-5-12/h3-10H,1-2H3,(H,16,17). The molecule has 1 aromatic carbocycles. The lowest BCUT2D eigenvalue weighted by Crippen LogP contribution is -2.07. The van der Waals surface area contributed by atoms with Gasteiger partial charge in [-0.3, -0.25) is 4.79 Å². The molecule has 4 heteroatoms. The molecule has 0 saturated carbocycles. The summed E-state index contributed by atoms with van der Waals surface area (Å²) < 4.78 is 10.4. The van der Waals surface area contributed by atoms with Crippen molar-refractivity contribution in [3.63, 3.8) is 0 Å². The van der Waals surface area contributed by atoms with E-state index in [1.807, 2.05) is 19.1 Å². The summed E-state index contributed by atoms with van der Waals surface area (Å²) in [6.07, 6.45) is 3.06. The van der Waals surface area contributed by atoms with Crippen LogP contribution in [0.5, 0.6) is 5.75 Å². The fourth-order valence-corrected chi connectivity index (χ4v) is 1.56. The van der Waals surface area contributed by atoms with E-state index < -0.39 is 0 Å². The number of aryl methyl sites for hydroxylation is 1. The molecule has 0 unspecified atom stereocenters. The van der Waals surface area contributed by atoms with Gasteiger partial charge in [-0.1, -0.05) is 0 Å². The van der Waals surface area contributed by atoms with Gasteiger partial charge in [-0.2, -0.15) is 0 Å². The highest BCUT2D eigenvalue weighted by molar-refractivity contribution is 6.01. The van der Waals surface area contributed by atoms with E-state index in [1.54, 1.807) is 37.5 Å². The van der Waals surface area contributed by atoms with E-state index in [2.05, 4.69) is 5.32 Å². The first-order valence-electron chi connectivity index (χ1n) is 5.87. The van der Waals surface area contributed by atoms with Crippen molar-refractivity contribution < 1.29 is 13.9 Å². The van der Waals surface area contributed by atoms with Crippen LogP contribution >= 0.6 is 0 Å². The van der Waals surface area contributed by atoms with E-state index in [0.717, 1.165) is 11.5 Å². The van der Waals surface area contributed by atoms with Crippen LogP contribution in [0.4, 0.5) is 5.69 Å². The molecule has 0 bridgehead atoms. The summed E-state index contributed by atoms with van der Waals surface area (Å²) >= 11 is 0. The summed E-state index contributed by atoms with van der Waals surface area (Å²) in [7, 11) is 1.60. The second kappa shape index (κ2) is 5.91. The van der Waals surface area contributed by atoms with Gasteiger partial charge in [0.05, 0.1) is 7.11 Å². The van der Waals surface area contributed by atoms with Crippen molar-refractivity contribution in [3.8, 4) is 5.75 Å². The summed E-state index contributed by atoms with van der Waals surface area (Å²) in [4.78, 5) is 11.7. The Morgan fingerprint density at radius 1 is 1.21 bits per heavy atom. The molecule has 4 nitrogen and oxygen atoms in total. The highest BCUT2D eigenvalue weighted by Crippen LogP contribution is 2.15. The molecule has 1 aromatic heterocycles. The number of hydrogen-bond donors (Lipinski definition) is 1. The lowest BCUT2D eigenvalue weighted by atomic mass is 10.3. The van der Waals surface area contributed by atoms with Gasteiger partial charge >= 0.3 is 0 Å². The molecule has 0 aliphatic heterocycles. The quantitative estimate of drug-likeness (QED) is 0.855. The first-order chi connectivity index (χ1) is 9.17. The Kier molecular flexibility index (Phi) is 4.03. The van der Waals surface area contributed by atoms with Gasteiger partial charge in [0, 0.05) is 11.8 Å². The zero-order valence-electron chi connectivity index (χ0n) is 10.8. The topological polar surface area (TPSA) is 51.5 Å². The molecule has 1 N–H and O–H groups in total. The molecule has 98 valence electrons. The third kappa shape index (κ3) is 3.74. The normalized spacial score (nSPS) is 10.6. The monoisotopic (exact) mass is 257 g/mol. The number of ether oxygens (including phenoxy) is 1. The van der Waals surface area contributed by atoms with Crippen LogP contribution in [0, 0.1) is 6.92 Å². The van der Waals surface area contributed by atoms with Gasteiger partial charge in [0.25, 0.3) is 0 Å². The van der Waals surface area contributed by atoms with Crippen molar-refractivity contribution in [3.05, 3.63) is 54.0 Å². The second-order valence-corrected chi connectivity index (χ2v) is 4.00. The van der Waals surface area contributed by atoms with Crippen LogP contribution in [0.1, 0.15) is 11.5 Å². The molecule has 0 aliphatic rings. The molecule has 1 amide bonds. The van der Waals surface area contributed by atoms with Crippen LogP contribution in [0.3, 0.4) is 0 Å². The number of rotatable bonds is 4. The molecule has 0 atom stereocenters. The maximum absolute atomic E-state index is 11.7. The molecule has 0 fully saturated rings. The highest BCUT2D eigenvalue weighted by Gasteiger charge is 1.99. The molecular weight excluding hydrogens is 242 g/mol. The highest BCUT2D eigenvalue weighted by atomic mass is 16.5. The summed E-state index contributed by atoms with van der Waals surface area (Å²) in [5, 5.41) is 2.75. The molecular formula is C15H15NO3. The number of anilines is 1. The third-order valence-electron chi connectivity index (χ3n) is 2.52. The van der Waals surface area contributed by atoms with Gasteiger partial charge < -0.3 is 14.5 Å². The van der Waals surface area contributed by atoms with Crippen molar-refractivity contribution in [2.75, 3.05) is 12.4 Å². The molecule has 2 aromatic rings. The SMILES string of the molecule is COc1ccc(NC(=O)C=Cc2ccc(C)o2)cc1. The average Bonchev–Trinajstić information content (AvgIpc) is 2.83. The Morgan fingerprint density at radius 3 is 2.53 bits per heavy atom. The zero-order valence-corrected chi connectivity index (χ0v) is 10.8. The van der Waals surface area contributed by atoms with Crippen LogP contribution in [-0.4, -0.2) is 13.0 Å². The number of hydrogen-bond acceptors (Lipinski definition) is 3. The fourth-order valence-electron chi connectivity index (χ4n) is 1.56. The number of carbonyl (C=O) groups excluding carboxylic acids is 1. The molecule has 0 saturated heterocycles. The number of carbonyl (C=O) groups is 1. The molecule has 0 aliphatic carbocycles. The minimum Gasteiger partial charge on any atom is -0.497 e. The predicted molar refractivity (Wildman–Crippen MR) is 74.1 cm³/mol. The first-order valence-corrected chi connectivity index (χ1v) is 5.87. The largest absolute Gasteiger partial charge is 0.497 e. The Bertz CT molecular complexity index is 582. The van der Waals surface area contributed by atoms with Crippen molar-refractivity contribution >= 4 is 17.7 Å². The van der Waals surface area contributed by atoms with E-state index in [4.69, 9.17) is 9.15 Å². The van der Waals surface area contributed by atoms with Crippen LogP contribution in [0.2, 0.25) is 0 Å². The van der Waals surface area contributed by atoms with Crippen molar-refractivity contribution in [2.24, 2.45) is 0 Å². The Morgan fingerprint density at radius 2 is 1.95 bits per heavy atom. The fraction of sp³-hybridized carbons (Fsp3) is 0.133. The lowest BCUT2D eigenvalue weighted by Gasteiger charge is -2.03. The van der Waals surface area contributed by atoms with E-state index in [-0.39, 0.29) is 5.91 Å². The van der Waals surface area contributed by atoms with Gasteiger partial charge in [0.1, 0.15) is 17.3 Å². The smallest absolute Gasteiger partial charge is 0.248 e. The summed E-state index contributed by atoms with van der Waals surface area (Å²) in [6, 6.07) is 10.8. The number of methoxy groups -OCH3 is 1. The molecule has 1 heterocycles. The Balaban J connectivity index is 1.95. The van der Waals surface area contributed by atoms with Crippen LogP contribution in [0.25, 0.3) is 6.08 Å². The second-order valence-electron chi connectivity index (χ2n) is 4.00. The van der Waals surface area contributed by atoms with Crippen LogP contribution in [0.15, 0.2) is 46.9 Å². The van der Waals surface area contributed by atoms with E-state index in [9.17, 15) is 4.79 Å². The Hall–Kier alpha value is -2.49. The maximum Gasteiger partial charge on any atom is 0.248 e. The average molecular weight is 257 g/mol. The zero-order chi connectivity index (χ0) is 13.7. The number of nitrogens with one attached hydrogen (secondary N) is 1. The van der Waals surface area contributed by atoms with E-state index in [1.165, 1.54) is 6.08 Å². The summed E-state index contributed by atoms with van der Waals surface area (Å²) in [5.41, 5.74) is 0.714. The molecule has 0 spiro atoms. The van der Waals surface area contributed by atoms with Crippen molar-refractivity contribution in [1.29, 1.82) is 0 Å². The minimum atomic E-state index is -0.209. The van der Waals surface area contributed by atoms with E-state index in [0.29, 0.717) is 11.4 Å². The van der Waals surface area contributed by atoms with Gasteiger partial charge in [-0.15, -0.1) is 0 Å². The number of benzene rings is 1. The van der Waals surface area contributed by atoms with Gasteiger partial charge in [-0.05, 0) is 49.4 Å². The summed E-state index contributed by atoms with van der Waals surface area (Å²) in [5.74, 6) is 2.01. The Labute approximate surface area is 111 Å². The van der Waals surface area contributed by atoms with Gasteiger partial charge in [0.2, 0.25) is 5.91 Å². The van der Waals surface area contributed by atoms with Gasteiger partial charge in [0.15, 0.2) is 0 Å². The van der Waals surface area contributed by atoms with Crippen molar-refractivity contribution in [1.82, 2.24) is 0 Å². The summed E-state index contributed by atoms with van der Waals surface area (Å²) in [6.45, 7) is 1.86. The third-order valence-corrected chi connectivity index (χ3v) is 2.52. The number of amides is 1. The molecule has 2 rings (SSSR count). The molecule has 19 heavy (non-hydrogen) atoms. The van der Waals surface area contributed by atoms with Crippen molar-refractivity contribution in [2.45, 2.75) is 6.92 Å². The van der Waals surface area contributed by atoms with Crippen LogP contribution in [-0.2, 0) is 4.79 Å². The van der Waals surface area contributed by atoms with Gasteiger partial charge in [-0.25, -0.2) is 0 Å². The van der Waals surface area contributed by atoms with Crippen LogP contribution < -0.4 is 10.1 Å². The lowest BCUT2D eigenvalue weighted by molar-refractivity contribution is -0.111. The number of furan rings is 1. The maximum atomic E-state index is 11.7. The first kappa shape index (κ1) is 13.0. The molecule has 0 radical (unpaired) electrons. The minimum absolute atomic E-state index is 0.209. The predicted octanol–water partition coefficient (Wildman–Crippen LogP) is 3.25.